The minimum atomic E-state index is -0.154. The molecule has 0 spiro atoms. The van der Waals surface area contributed by atoms with Gasteiger partial charge in [-0.25, -0.2) is 0 Å². The number of carbonyl (C=O) groups is 1. The molecule has 0 saturated heterocycles. The van der Waals surface area contributed by atoms with Crippen molar-refractivity contribution in [2.24, 2.45) is 0 Å². The highest BCUT2D eigenvalue weighted by atomic mass is 16.3. The smallest absolute Gasteiger partial charge is 0.163 e. The summed E-state index contributed by atoms with van der Waals surface area (Å²) in [6.45, 7) is 4.86. The zero-order chi connectivity index (χ0) is 12.8. The van der Waals surface area contributed by atoms with E-state index in [0.717, 1.165) is 18.7 Å². The molecule has 0 fully saturated rings. The molecule has 0 saturated carbocycles. The standard InChI is InChI=1S/C13H19NO3/c1-3-6-14(7-8-15)11-4-5-12(10(2)16)13(17)9-11/h4-5,9,15,17H,3,6-8H2,1-2H3. The first kappa shape index (κ1) is 13.5. The summed E-state index contributed by atoms with van der Waals surface area (Å²) < 4.78 is 0. The number of ketones is 1. The number of nitrogens with zero attached hydrogens (tertiary/aromatic N) is 1. The van der Waals surface area contributed by atoms with Gasteiger partial charge in [0.15, 0.2) is 5.78 Å². The topological polar surface area (TPSA) is 60.8 Å². The van der Waals surface area contributed by atoms with E-state index in [-0.39, 0.29) is 18.1 Å². The van der Waals surface area contributed by atoms with Crippen LogP contribution in [0.15, 0.2) is 18.2 Å². The van der Waals surface area contributed by atoms with Crippen molar-refractivity contribution in [3.8, 4) is 5.75 Å². The Balaban J connectivity index is 2.97. The molecule has 0 aliphatic heterocycles. The quantitative estimate of drug-likeness (QED) is 0.741. The zero-order valence-corrected chi connectivity index (χ0v) is 10.3. The van der Waals surface area contributed by atoms with E-state index in [2.05, 4.69) is 0 Å². The summed E-state index contributed by atoms with van der Waals surface area (Å²) in [6.07, 6.45) is 0.954. The van der Waals surface area contributed by atoms with Gasteiger partial charge in [-0.2, -0.15) is 0 Å². The van der Waals surface area contributed by atoms with Crippen LogP contribution in [-0.2, 0) is 0 Å². The second kappa shape index (κ2) is 6.25. The summed E-state index contributed by atoms with van der Waals surface area (Å²) in [6, 6.07) is 4.98. The molecule has 1 rings (SSSR count). The Morgan fingerprint density at radius 1 is 1.35 bits per heavy atom. The van der Waals surface area contributed by atoms with Crippen molar-refractivity contribution < 1.29 is 15.0 Å². The molecule has 0 amide bonds. The second-order valence-corrected chi connectivity index (χ2v) is 3.97. The van der Waals surface area contributed by atoms with E-state index < -0.39 is 0 Å². The number of rotatable bonds is 6. The largest absolute Gasteiger partial charge is 0.507 e. The number of hydrogen-bond donors (Lipinski definition) is 2. The molecule has 0 aliphatic rings. The molecule has 1 aromatic carbocycles. The van der Waals surface area contributed by atoms with Crippen molar-refractivity contribution in [2.45, 2.75) is 20.3 Å². The third kappa shape index (κ3) is 3.46. The number of aromatic hydroxyl groups is 1. The van der Waals surface area contributed by atoms with E-state index in [1.807, 2.05) is 11.8 Å². The van der Waals surface area contributed by atoms with Gasteiger partial charge in [-0.1, -0.05) is 6.92 Å². The first-order valence-electron chi connectivity index (χ1n) is 5.80. The fourth-order valence-electron chi connectivity index (χ4n) is 1.78. The summed E-state index contributed by atoms with van der Waals surface area (Å²) in [5.41, 5.74) is 1.15. The highest BCUT2D eigenvalue weighted by Crippen LogP contribution is 2.25. The summed E-state index contributed by atoms with van der Waals surface area (Å²) in [5, 5.41) is 18.7. The van der Waals surface area contributed by atoms with Crippen LogP contribution in [0.3, 0.4) is 0 Å². The number of aliphatic hydroxyl groups excluding tert-OH is 1. The van der Waals surface area contributed by atoms with E-state index in [0.29, 0.717) is 12.1 Å². The van der Waals surface area contributed by atoms with Crippen molar-refractivity contribution in [2.75, 3.05) is 24.6 Å². The molecule has 4 heteroatoms. The Kier molecular flexibility index (Phi) is 4.97. The van der Waals surface area contributed by atoms with Crippen LogP contribution in [0, 0.1) is 0 Å². The summed E-state index contributed by atoms with van der Waals surface area (Å²) in [4.78, 5) is 13.2. The van der Waals surface area contributed by atoms with Gasteiger partial charge in [0.25, 0.3) is 0 Å². The molecule has 0 aromatic heterocycles. The lowest BCUT2D eigenvalue weighted by atomic mass is 10.1. The van der Waals surface area contributed by atoms with E-state index >= 15 is 0 Å². The fraction of sp³-hybridized carbons (Fsp3) is 0.462. The lowest BCUT2D eigenvalue weighted by Gasteiger charge is -2.23. The molecule has 2 N–H and O–H groups in total. The third-order valence-corrected chi connectivity index (χ3v) is 2.59. The van der Waals surface area contributed by atoms with Gasteiger partial charge in [0.05, 0.1) is 12.2 Å². The maximum atomic E-state index is 11.2. The molecule has 94 valence electrons. The number of hydrogen-bond acceptors (Lipinski definition) is 4. The van der Waals surface area contributed by atoms with Crippen molar-refractivity contribution in [1.82, 2.24) is 0 Å². The lowest BCUT2D eigenvalue weighted by molar-refractivity contribution is 0.101. The second-order valence-electron chi connectivity index (χ2n) is 3.97. The minimum Gasteiger partial charge on any atom is -0.507 e. The van der Waals surface area contributed by atoms with E-state index in [1.54, 1.807) is 18.2 Å². The lowest BCUT2D eigenvalue weighted by Crippen LogP contribution is -2.27. The Labute approximate surface area is 101 Å². The van der Waals surface area contributed by atoms with E-state index in [4.69, 9.17) is 5.11 Å². The molecule has 0 radical (unpaired) electrons. The van der Waals surface area contributed by atoms with Gasteiger partial charge in [-0.3, -0.25) is 4.79 Å². The summed E-state index contributed by atoms with van der Waals surface area (Å²) in [7, 11) is 0. The predicted molar refractivity (Wildman–Crippen MR) is 67.7 cm³/mol. The van der Waals surface area contributed by atoms with Crippen LogP contribution in [-0.4, -0.2) is 35.7 Å². The molecule has 0 unspecified atom stereocenters. The van der Waals surface area contributed by atoms with Crippen LogP contribution in [0.1, 0.15) is 30.6 Å². The fourth-order valence-corrected chi connectivity index (χ4v) is 1.78. The molecule has 1 aromatic rings. The van der Waals surface area contributed by atoms with Gasteiger partial charge in [0.1, 0.15) is 5.75 Å². The SMILES string of the molecule is CCCN(CCO)c1ccc(C(C)=O)c(O)c1. The number of phenols is 1. The van der Waals surface area contributed by atoms with Crippen LogP contribution in [0.25, 0.3) is 0 Å². The number of Topliss-reactive ketones (excluding diaryl/α,β-unsaturated/α-hetero) is 1. The van der Waals surface area contributed by atoms with E-state index in [9.17, 15) is 9.90 Å². The Bertz CT molecular complexity index is 384. The molecule has 0 bridgehead atoms. The van der Waals surface area contributed by atoms with E-state index in [1.165, 1.54) is 6.92 Å². The monoisotopic (exact) mass is 237 g/mol. The van der Waals surface area contributed by atoms with Crippen molar-refractivity contribution in [3.63, 3.8) is 0 Å². The normalized spacial score (nSPS) is 10.3. The average molecular weight is 237 g/mol. The number of anilines is 1. The Morgan fingerprint density at radius 2 is 2.06 bits per heavy atom. The summed E-state index contributed by atoms with van der Waals surface area (Å²) >= 11 is 0. The maximum Gasteiger partial charge on any atom is 0.163 e. The van der Waals surface area contributed by atoms with Crippen molar-refractivity contribution in [3.05, 3.63) is 23.8 Å². The van der Waals surface area contributed by atoms with Crippen molar-refractivity contribution >= 4 is 11.5 Å². The molecular weight excluding hydrogens is 218 g/mol. The third-order valence-electron chi connectivity index (χ3n) is 2.59. The molecule has 17 heavy (non-hydrogen) atoms. The van der Waals surface area contributed by atoms with Crippen LogP contribution < -0.4 is 4.90 Å². The Hall–Kier alpha value is -1.55. The number of phenolic OH excluding ortho intramolecular Hbond substituents is 1. The summed E-state index contributed by atoms with van der Waals surface area (Å²) in [5.74, 6) is -0.160. The Morgan fingerprint density at radius 3 is 2.53 bits per heavy atom. The molecule has 0 atom stereocenters. The highest BCUT2D eigenvalue weighted by Gasteiger charge is 2.10. The molecule has 0 aliphatic carbocycles. The maximum absolute atomic E-state index is 11.2. The van der Waals surface area contributed by atoms with Gasteiger partial charge in [0, 0.05) is 24.8 Å². The zero-order valence-electron chi connectivity index (χ0n) is 10.3. The number of benzene rings is 1. The van der Waals surface area contributed by atoms with Gasteiger partial charge < -0.3 is 15.1 Å². The van der Waals surface area contributed by atoms with Crippen molar-refractivity contribution in [1.29, 1.82) is 0 Å². The first-order valence-corrected chi connectivity index (χ1v) is 5.80. The van der Waals surface area contributed by atoms with Gasteiger partial charge in [-0.15, -0.1) is 0 Å². The van der Waals surface area contributed by atoms with Crippen LogP contribution in [0.4, 0.5) is 5.69 Å². The highest BCUT2D eigenvalue weighted by molar-refractivity contribution is 5.97. The van der Waals surface area contributed by atoms with Crippen LogP contribution >= 0.6 is 0 Å². The van der Waals surface area contributed by atoms with Gasteiger partial charge >= 0.3 is 0 Å². The van der Waals surface area contributed by atoms with Gasteiger partial charge in [0.2, 0.25) is 0 Å². The minimum absolute atomic E-state index is 0.00552. The number of carbonyl (C=O) groups excluding carboxylic acids is 1. The molecule has 0 heterocycles. The van der Waals surface area contributed by atoms with Crippen LogP contribution in [0.2, 0.25) is 0 Å². The molecular formula is C13H19NO3. The molecule has 4 nitrogen and oxygen atoms in total. The van der Waals surface area contributed by atoms with Crippen LogP contribution in [0.5, 0.6) is 5.75 Å². The van der Waals surface area contributed by atoms with Gasteiger partial charge in [-0.05, 0) is 25.5 Å². The first-order chi connectivity index (χ1) is 8.10. The predicted octanol–water partition coefficient (Wildman–Crippen LogP) is 1.80. The number of aliphatic hydroxyl groups is 1. The average Bonchev–Trinajstić information content (AvgIpc) is 2.28.